The van der Waals surface area contributed by atoms with Gasteiger partial charge in [-0.25, -0.2) is 0 Å². The molecule has 0 aliphatic heterocycles. The molecule has 33 heavy (non-hydrogen) atoms. The van der Waals surface area contributed by atoms with E-state index in [0.29, 0.717) is 11.4 Å². The molecule has 176 valence electrons. The lowest BCUT2D eigenvalue weighted by Crippen LogP contribution is -2.42. The van der Waals surface area contributed by atoms with E-state index >= 15 is 0 Å². The number of nitrogens with one attached hydrogen (secondary N) is 1. The second-order valence-electron chi connectivity index (χ2n) is 9.15. The summed E-state index contributed by atoms with van der Waals surface area (Å²) < 4.78 is 5.73. The van der Waals surface area contributed by atoms with Crippen molar-refractivity contribution in [1.29, 1.82) is 0 Å². The van der Waals surface area contributed by atoms with Crippen molar-refractivity contribution in [2.24, 2.45) is 4.99 Å². The van der Waals surface area contributed by atoms with Gasteiger partial charge in [-0.15, -0.1) is 0 Å². The van der Waals surface area contributed by atoms with E-state index in [0.717, 1.165) is 35.4 Å². The van der Waals surface area contributed by atoms with E-state index in [-0.39, 0.29) is 24.1 Å². The van der Waals surface area contributed by atoms with Crippen LogP contribution in [0, 0.1) is 0 Å². The molecule has 2 aromatic carbocycles. The Hall–Kier alpha value is -3.12. The number of benzene rings is 2. The van der Waals surface area contributed by atoms with E-state index in [9.17, 15) is 4.79 Å². The summed E-state index contributed by atoms with van der Waals surface area (Å²) >= 11 is 0. The van der Waals surface area contributed by atoms with Gasteiger partial charge in [0.2, 0.25) is 5.91 Å². The van der Waals surface area contributed by atoms with Crippen molar-refractivity contribution in [3.63, 3.8) is 0 Å². The fourth-order valence-corrected chi connectivity index (χ4v) is 4.32. The second kappa shape index (κ2) is 10.2. The van der Waals surface area contributed by atoms with Crippen LogP contribution in [-0.2, 0) is 11.2 Å². The van der Waals surface area contributed by atoms with Crippen molar-refractivity contribution >= 4 is 23.0 Å². The zero-order valence-electron chi connectivity index (χ0n) is 20.6. The highest BCUT2D eigenvalue weighted by molar-refractivity contribution is 6.02. The SMILES string of the molecule is C=C(N=C(C)c1ccc(OC(C)C)c(N)c1)c1cccc2c1CC[C@@H]2NC(C)C(=O)N(C)C. The van der Waals surface area contributed by atoms with Gasteiger partial charge in [0.05, 0.1) is 23.5 Å². The highest BCUT2D eigenvalue weighted by atomic mass is 16.5. The van der Waals surface area contributed by atoms with Gasteiger partial charge >= 0.3 is 0 Å². The molecule has 6 nitrogen and oxygen atoms in total. The first-order valence-electron chi connectivity index (χ1n) is 11.5. The Balaban J connectivity index is 1.80. The summed E-state index contributed by atoms with van der Waals surface area (Å²) in [6.45, 7) is 12.1. The lowest BCUT2D eigenvalue weighted by atomic mass is 10.00. The molecule has 0 bridgehead atoms. The van der Waals surface area contributed by atoms with E-state index in [2.05, 4.69) is 24.0 Å². The molecule has 0 aromatic heterocycles. The van der Waals surface area contributed by atoms with Gasteiger partial charge in [0.1, 0.15) is 5.75 Å². The molecule has 6 heteroatoms. The van der Waals surface area contributed by atoms with Crippen molar-refractivity contribution < 1.29 is 9.53 Å². The minimum Gasteiger partial charge on any atom is -0.489 e. The Morgan fingerprint density at radius 1 is 1.24 bits per heavy atom. The maximum atomic E-state index is 12.3. The molecule has 0 fully saturated rings. The maximum absolute atomic E-state index is 12.3. The third kappa shape index (κ3) is 5.63. The van der Waals surface area contributed by atoms with E-state index in [4.69, 9.17) is 15.5 Å². The maximum Gasteiger partial charge on any atom is 0.238 e. The van der Waals surface area contributed by atoms with Crippen LogP contribution in [0.15, 0.2) is 48.0 Å². The summed E-state index contributed by atoms with van der Waals surface area (Å²) in [5, 5.41) is 3.49. The fraction of sp³-hybridized carbons (Fsp3) is 0.407. The number of fused-ring (bicyclic) bond motifs is 1. The van der Waals surface area contributed by atoms with Crippen molar-refractivity contribution in [2.75, 3.05) is 19.8 Å². The van der Waals surface area contributed by atoms with Crippen molar-refractivity contribution in [3.8, 4) is 5.75 Å². The molecule has 1 unspecified atom stereocenters. The van der Waals surface area contributed by atoms with Crippen LogP contribution in [0.4, 0.5) is 5.69 Å². The second-order valence-corrected chi connectivity index (χ2v) is 9.15. The van der Waals surface area contributed by atoms with E-state index < -0.39 is 0 Å². The van der Waals surface area contributed by atoms with Crippen LogP contribution in [-0.4, -0.2) is 42.8 Å². The summed E-state index contributed by atoms with van der Waals surface area (Å²) in [6, 6.07) is 11.9. The van der Waals surface area contributed by atoms with Crippen molar-refractivity contribution in [1.82, 2.24) is 10.2 Å². The molecule has 3 rings (SSSR count). The molecular weight excluding hydrogens is 412 g/mol. The summed E-state index contributed by atoms with van der Waals surface area (Å²) in [5.74, 6) is 0.759. The number of nitrogen functional groups attached to an aromatic ring is 1. The average molecular weight is 449 g/mol. The van der Waals surface area contributed by atoms with Crippen molar-refractivity contribution in [3.05, 3.63) is 65.2 Å². The van der Waals surface area contributed by atoms with Crippen LogP contribution >= 0.6 is 0 Å². The molecule has 1 amide bonds. The van der Waals surface area contributed by atoms with Gasteiger partial charge in [0, 0.05) is 31.4 Å². The molecule has 0 radical (unpaired) electrons. The molecule has 2 atom stereocenters. The summed E-state index contributed by atoms with van der Waals surface area (Å²) in [4.78, 5) is 18.7. The Labute approximate surface area is 197 Å². The lowest BCUT2D eigenvalue weighted by Gasteiger charge is -2.22. The largest absolute Gasteiger partial charge is 0.489 e. The smallest absolute Gasteiger partial charge is 0.238 e. The number of nitrogens with two attached hydrogens (primary N) is 1. The number of hydrogen-bond acceptors (Lipinski definition) is 5. The molecular formula is C27H36N4O2. The number of ether oxygens (including phenoxy) is 1. The highest BCUT2D eigenvalue weighted by Gasteiger charge is 2.28. The molecule has 3 N–H and O–H groups in total. The summed E-state index contributed by atoms with van der Waals surface area (Å²) in [7, 11) is 3.56. The standard InChI is InChI=1S/C27H36N4O2/c1-16(2)33-26-14-11-20(15-24(26)28)17(3)29-18(4)21-9-8-10-23-22(21)12-13-25(23)30-19(5)27(32)31(6)7/h8-11,14-16,19,25,30H,4,12-13,28H2,1-3,5-7H3/t19?,25-/m0/s1. The van der Waals surface area contributed by atoms with Crippen LogP contribution in [0.3, 0.4) is 0 Å². The number of rotatable bonds is 8. The molecule has 2 aromatic rings. The molecule has 0 heterocycles. The van der Waals surface area contributed by atoms with Gasteiger partial charge in [-0.1, -0.05) is 24.8 Å². The predicted molar refractivity (Wildman–Crippen MR) is 137 cm³/mol. The third-order valence-electron chi connectivity index (χ3n) is 5.94. The first kappa shape index (κ1) is 24.5. The Kier molecular flexibility index (Phi) is 7.59. The number of nitrogens with zero attached hydrogens (tertiary/aromatic N) is 2. The minimum absolute atomic E-state index is 0.0650. The average Bonchev–Trinajstić information content (AvgIpc) is 3.16. The number of aliphatic imine (C=N–C) groups is 1. The fourth-order valence-electron chi connectivity index (χ4n) is 4.32. The van der Waals surface area contributed by atoms with E-state index in [1.165, 1.54) is 11.1 Å². The highest BCUT2D eigenvalue weighted by Crippen LogP contribution is 2.36. The number of amides is 1. The number of hydrogen-bond donors (Lipinski definition) is 2. The number of carbonyl (C=O) groups excluding carboxylic acids is 1. The summed E-state index contributed by atoms with van der Waals surface area (Å²) in [6.07, 6.45) is 1.94. The molecule has 1 aliphatic carbocycles. The normalized spacial score (nSPS) is 16.5. The van der Waals surface area contributed by atoms with Crippen molar-refractivity contribution in [2.45, 2.75) is 58.7 Å². The van der Waals surface area contributed by atoms with Crippen LogP contribution in [0.1, 0.15) is 62.4 Å². The quantitative estimate of drug-likeness (QED) is 0.457. The molecule has 0 spiro atoms. The lowest BCUT2D eigenvalue weighted by molar-refractivity contribution is -0.130. The Morgan fingerprint density at radius 2 is 1.97 bits per heavy atom. The first-order valence-corrected chi connectivity index (χ1v) is 11.5. The van der Waals surface area contributed by atoms with Gasteiger partial charge in [0.25, 0.3) is 0 Å². The topological polar surface area (TPSA) is 80.0 Å². The number of likely N-dealkylation sites (N-methyl/N-ethyl adjacent to an activating group) is 1. The van der Waals surface area contributed by atoms with Gasteiger partial charge < -0.3 is 15.4 Å². The zero-order valence-corrected chi connectivity index (χ0v) is 20.6. The van der Waals surface area contributed by atoms with Crippen LogP contribution in [0.5, 0.6) is 5.75 Å². The van der Waals surface area contributed by atoms with Gasteiger partial charge in [-0.3, -0.25) is 15.1 Å². The predicted octanol–water partition coefficient (Wildman–Crippen LogP) is 4.59. The number of anilines is 1. The zero-order chi connectivity index (χ0) is 24.3. The van der Waals surface area contributed by atoms with Crippen LogP contribution in [0.25, 0.3) is 5.70 Å². The molecule has 0 saturated heterocycles. The van der Waals surface area contributed by atoms with E-state index in [1.54, 1.807) is 19.0 Å². The minimum atomic E-state index is -0.240. The number of carbonyl (C=O) groups is 1. The molecule has 0 saturated carbocycles. The van der Waals surface area contributed by atoms with Gasteiger partial charge in [-0.05, 0) is 75.4 Å². The van der Waals surface area contributed by atoms with Crippen LogP contribution in [0.2, 0.25) is 0 Å². The summed E-state index contributed by atoms with van der Waals surface area (Å²) in [5.41, 5.74) is 12.8. The monoisotopic (exact) mass is 448 g/mol. The van der Waals surface area contributed by atoms with Crippen LogP contribution < -0.4 is 15.8 Å². The Morgan fingerprint density at radius 3 is 2.61 bits per heavy atom. The van der Waals surface area contributed by atoms with E-state index in [1.807, 2.05) is 52.0 Å². The first-order chi connectivity index (χ1) is 15.6. The van der Waals surface area contributed by atoms with Gasteiger partial charge in [0.15, 0.2) is 0 Å². The Bertz CT molecular complexity index is 1070. The third-order valence-corrected chi connectivity index (χ3v) is 5.94. The molecule has 1 aliphatic rings. The van der Waals surface area contributed by atoms with Gasteiger partial charge in [-0.2, -0.15) is 0 Å².